The highest BCUT2D eigenvalue weighted by Gasteiger charge is 2.43. The Labute approximate surface area is 112 Å². The standard InChI is InChI=1S/C13H22N2O4/c14-6-8-3-1-2-4-10(8)12(17)15-7-9(16)5-11(15)13(18)19/h8-11,16H,1-7,14H2,(H,18,19)/t8?,9-,10?,11-/m0/s1. The van der Waals surface area contributed by atoms with Gasteiger partial charge in [-0.15, -0.1) is 0 Å². The largest absolute Gasteiger partial charge is 0.480 e. The third-order valence-corrected chi connectivity index (χ3v) is 4.38. The van der Waals surface area contributed by atoms with Gasteiger partial charge in [-0.05, 0) is 25.3 Å². The maximum Gasteiger partial charge on any atom is 0.326 e. The molecule has 0 aromatic carbocycles. The molecule has 19 heavy (non-hydrogen) atoms. The van der Waals surface area contributed by atoms with Gasteiger partial charge in [-0.25, -0.2) is 4.79 Å². The number of carbonyl (C=O) groups is 2. The van der Waals surface area contributed by atoms with Crippen LogP contribution in [0.1, 0.15) is 32.1 Å². The number of rotatable bonds is 3. The summed E-state index contributed by atoms with van der Waals surface area (Å²) in [5, 5.41) is 18.7. The number of carboxylic acids is 1. The van der Waals surface area contributed by atoms with Crippen LogP contribution in [0.3, 0.4) is 0 Å². The molecule has 0 aromatic heterocycles. The quantitative estimate of drug-likeness (QED) is 0.658. The topological polar surface area (TPSA) is 104 Å². The molecule has 4 N–H and O–H groups in total. The van der Waals surface area contributed by atoms with Crippen molar-refractivity contribution in [1.29, 1.82) is 0 Å². The van der Waals surface area contributed by atoms with Gasteiger partial charge in [0.25, 0.3) is 0 Å². The van der Waals surface area contributed by atoms with E-state index in [-0.39, 0.29) is 30.7 Å². The van der Waals surface area contributed by atoms with E-state index in [1.165, 1.54) is 4.90 Å². The first-order chi connectivity index (χ1) is 9.04. The van der Waals surface area contributed by atoms with Gasteiger partial charge in [0, 0.05) is 18.9 Å². The van der Waals surface area contributed by atoms with E-state index in [9.17, 15) is 14.7 Å². The number of nitrogens with two attached hydrogens (primary N) is 1. The van der Waals surface area contributed by atoms with E-state index in [0.29, 0.717) is 6.54 Å². The van der Waals surface area contributed by atoms with E-state index in [2.05, 4.69) is 0 Å². The van der Waals surface area contributed by atoms with Gasteiger partial charge < -0.3 is 20.8 Å². The fourth-order valence-corrected chi connectivity index (χ4v) is 3.32. The van der Waals surface area contributed by atoms with Crippen molar-refractivity contribution in [2.75, 3.05) is 13.1 Å². The van der Waals surface area contributed by atoms with Crippen molar-refractivity contribution in [2.24, 2.45) is 17.6 Å². The third-order valence-electron chi connectivity index (χ3n) is 4.38. The zero-order chi connectivity index (χ0) is 14.0. The maximum absolute atomic E-state index is 12.5. The predicted octanol–water partition coefficient (Wildman–Crippen LogP) is -0.202. The van der Waals surface area contributed by atoms with Crippen molar-refractivity contribution in [3.05, 3.63) is 0 Å². The summed E-state index contributed by atoms with van der Waals surface area (Å²) >= 11 is 0. The number of hydrogen-bond donors (Lipinski definition) is 3. The summed E-state index contributed by atoms with van der Waals surface area (Å²) in [5.41, 5.74) is 5.72. The summed E-state index contributed by atoms with van der Waals surface area (Å²) in [6, 6.07) is -0.886. The van der Waals surface area contributed by atoms with Gasteiger partial charge in [-0.2, -0.15) is 0 Å². The molecule has 4 atom stereocenters. The first-order valence-corrected chi connectivity index (χ1v) is 6.96. The molecule has 1 saturated heterocycles. The van der Waals surface area contributed by atoms with Crippen molar-refractivity contribution in [3.8, 4) is 0 Å². The molecule has 0 spiro atoms. The molecule has 2 fully saturated rings. The SMILES string of the molecule is NCC1CCCCC1C(=O)N1C[C@@H](O)C[C@H]1C(=O)O. The molecule has 1 heterocycles. The Balaban J connectivity index is 2.11. The fraction of sp³-hybridized carbons (Fsp3) is 0.846. The summed E-state index contributed by atoms with van der Waals surface area (Å²) in [6.45, 7) is 0.591. The first kappa shape index (κ1) is 14.3. The highest BCUT2D eigenvalue weighted by Crippen LogP contribution is 2.33. The minimum atomic E-state index is -1.04. The highest BCUT2D eigenvalue weighted by atomic mass is 16.4. The van der Waals surface area contributed by atoms with Crippen LogP contribution in [-0.2, 0) is 9.59 Å². The van der Waals surface area contributed by atoms with Crippen LogP contribution < -0.4 is 5.73 Å². The average Bonchev–Trinajstić information content (AvgIpc) is 2.80. The van der Waals surface area contributed by atoms with Gasteiger partial charge in [0.1, 0.15) is 6.04 Å². The monoisotopic (exact) mass is 270 g/mol. The van der Waals surface area contributed by atoms with Crippen molar-refractivity contribution in [1.82, 2.24) is 4.90 Å². The lowest BCUT2D eigenvalue weighted by atomic mass is 9.78. The average molecular weight is 270 g/mol. The molecule has 1 aliphatic heterocycles. The Morgan fingerprint density at radius 3 is 2.58 bits per heavy atom. The lowest BCUT2D eigenvalue weighted by Gasteiger charge is -2.34. The number of aliphatic carboxylic acids is 1. The van der Waals surface area contributed by atoms with Crippen molar-refractivity contribution < 1.29 is 19.8 Å². The van der Waals surface area contributed by atoms with Crippen molar-refractivity contribution in [2.45, 2.75) is 44.2 Å². The number of carboxylic acid groups (broad SMARTS) is 1. The minimum Gasteiger partial charge on any atom is -0.480 e. The second-order valence-electron chi connectivity index (χ2n) is 5.62. The van der Waals surface area contributed by atoms with Gasteiger partial charge in [-0.3, -0.25) is 4.79 Å². The van der Waals surface area contributed by atoms with Crippen LogP contribution in [0, 0.1) is 11.8 Å². The van der Waals surface area contributed by atoms with E-state index in [4.69, 9.17) is 10.8 Å². The molecule has 6 heteroatoms. The molecule has 6 nitrogen and oxygen atoms in total. The van der Waals surface area contributed by atoms with Gasteiger partial charge in [0.2, 0.25) is 5.91 Å². The normalized spacial score (nSPS) is 35.4. The van der Waals surface area contributed by atoms with Gasteiger partial charge in [0.05, 0.1) is 6.10 Å². The van der Waals surface area contributed by atoms with Gasteiger partial charge in [-0.1, -0.05) is 12.8 Å². The number of aliphatic hydroxyl groups excluding tert-OH is 1. The van der Waals surface area contributed by atoms with E-state index in [1.807, 2.05) is 0 Å². The Morgan fingerprint density at radius 2 is 1.95 bits per heavy atom. The summed E-state index contributed by atoms with van der Waals surface area (Å²) in [7, 11) is 0. The van der Waals surface area contributed by atoms with Crippen LogP contribution in [0.25, 0.3) is 0 Å². The van der Waals surface area contributed by atoms with Crippen LogP contribution in [-0.4, -0.2) is 52.2 Å². The molecule has 2 rings (SSSR count). The molecular weight excluding hydrogens is 248 g/mol. The number of nitrogens with zero attached hydrogens (tertiary/aromatic N) is 1. The second kappa shape index (κ2) is 5.88. The lowest BCUT2D eigenvalue weighted by Crippen LogP contribution is -2.47. The van der Waals surface area contributed by atoms with Crippen molar-refractivity contribution >= 4 is 11.9 Å². The molecule has 0 bridgehead atoms. The third kappa shape index (κ3) is 2.90. The summed E-state index contributed by atoms with van der Waals surface area (Å²) in [4.78, 5) is 25.0. The van der Waals surface area contributed by atoms with Crippen LogP contribution in [0.4, 0.5) is 0 Å². The summed E-state index contributed by atoms with van der Waals surface area (Å²) in [6.07, 6.45) is 3.17. The lowest BCUT2D eigenvalue weighted by molar-refractivity contribution is -0.151. The Kier molecular flexibility index (Phi) is 4.42. The molecule has 0 aromatic rings. The zero-order valence-electron chi connectivity index (χ0n) is 11.0. The van der Waals surface area contributed by atoms with Crippen LogP contribution in [0.2, 0.25) is 0 Å². The molecular formula is C13H22N2O4. The molecule has 0 radical (unpaired) electrons. The maximum atomic E-state index is 12.5. The van der Waals surface area contributed by atoms with Crippen LogP contribution >= 0.6 is 0 Å². The molecule has 2 aliphatic rings. The number of aliphatic hydroxyl groups is 1. The molecule has 1 saturated carbocycles. The highest BCUT2D eigenvalue weighted by molar-refractivity contribution is 5.86. The molecule has 2 unspecified atom stereocenters. The first-order valence-electron chi connectivity index (χ1n) is 6.96. The van der Waals surface area contributed by atoms with Crippen LogP contribution in [0.5, 0.6) is 0 Å². The Hall–Kier alpha value is -1.14. The predicted molar refractivity (Wildman–Crippen MR) is 68.3 cm³/mol. The van der Waals surface area contributed by atoms with Crippen molar-refractivity contribution in [3.63, 3.8) is 0 Å². The molecule has 1 amide bonds. The van der Waals surface area contributed by atoms with Gasteiger partial charge >= 0.3 is 5.97 Å². The number of hydrogen-bond acceptors (Lipinski definition) is 4. The van der Waals surface area contributed by atoms with Crippen LogP contribution in [0.15, 0.2) is 0 Å². The van der Waals surface area contributed by atoms with Gasteiger partial charge in [0.15, 0.2) is 0 Å². The molecule has 108 valence electrons. The number of carbonyl (C=O) groups excluding carboxylic acids is 1. The van der Waals surface area contributed by atoms with E-state index < -0.39 is 18.1 Å². The molecule has 1 aliphatic carbocycles. The van der Waals surface area contributed by atoms with E-state index in [0.717, 1.165) is 25.7 Å². The smallest absolute Gasteiger partial charge is 0.326 e. The summed E-state index contributed by atoms with van der Waals surface area (Å²) in [5.74, 6) is -1.21. The summed E-state index contributed by atoms with van der Waals surface area (Å²) < 4.78 is 0. The minimum absolute atomic E-state index is 0.126. The Morgan fingerprint density at radius 1 is 1.26 bits per heavy atom. The van der Waals surface area contributed by atoms with E-state index >= 15 is 0 Å². The number of amides is 1. The second-order valence-corrected chi connectivity index (χ2v) is 5.62. The number of likely N-dealkylation sites (tertiary alicyclic amines) is 1. The van der Waals surface area contributed by atoms with E-state index in [1.54, 1.807) is 0 Å². The Bertz CT molecular complexity index is 361. The zero-order valence-corrected chi connectivity index (χ0v) is 11.0. The fourth-order valence-electron chi connectivity index (χ4n) is 3.32. The number of β-amino-alcohol motifs (C(OH)–C–C–N with tert-alkyl or cyclic N) is 1.